The normalized spacial score (nSPS) is 16.1. The Morgan fingerprint density at radius 3 is 2.57 bits per heavy atom. The molecule has 3 N–H and O–H groups in total. The van der Waals surface area contributed by atoms with Crippen molar-refractivity contribution in [1.29, 1.82) is 0 Å². The van der Waals surface area contributed by atoms with E-state index in [1.165, 1.54) is 4.90 Å². The fourth-order valence-corrected chi connectivity index (χ4v) is 2.50. The maximum Gasteiger partial charge on any atom is 0.253 e. The van der Waals surface area contributed by atoms with Gasteiger partial charge < -0.3 is 20.7 Å². The van der Waals surface area contributed by atoms with Gasteiger partial charge >= 0.3 is 0 Å². The highest BCUT2D eigenvalue weighted by Gasteiger charge is 2.26. The number of nitrogens with zero attached hydrogens (tertiary/aromatic N) is 1. The van der Waals surface area contributed by atoms with Crippen LogP contribution in [0.3, 0.4) is 0 Å². The second kappa shape index (κ2) is 8.86. The number of benzene rings is 1. The molecule has 0 radical (unpaired) electrons. The summed E-state index contributed by atoms with van der Waals surface area (Å²) < 4.78 is 5.28. The summed E-state index contributed by atoms with van der Waals surface area (Å²) in [5.74, 6) is -0.188. The molecule has 128 valence electrons. The van der Waals surface area contributed by atoms with Crippen LogP contribution in [0.15, 0.2) is 24.3 Å². The Kier molecular flexibility index (Phi) is 7.48. The second-order valence-corrected chi connectivity index (χ2v) is 5.75. The molecule has 0 saturated carbocycles. The van der Waals surface area contributed by atoms with E-state index < -0.39 is 6.04 Å². The predicted molar refractivity (Wildman–Crippen MR) is 91.9 cm³/mol. The van der Waals surface area contributed by atoms with Gasteiger partial charge in [-0.15, -0.1) is 12.4 Å². The van der Waals surface area contributed by atoms with Crippen molar-refractivity contribution in [3.63, 3.8) is 0 Å². The van der Waals surface area contributed by atoms with Crippen LogP contribution in [0, 0.1) is 5.92 Å². The van der Waals surface area contributed by atoms with E-state index in [1.807, 2.05) is 0 Å². The molecule has 2 amide bonds. The molecule has 1 saturated heterocycles. The molecule has 2 rings (SSSR count). The van der Waals surface area contributed by atoms with Gasteiger partial charge in [0.2, 0.25) is 5.91 Å². The fourth-order valence-electron chi connectivity index (χ4n) is 2.50. The van der Waals surface area contributed by atoms with Crippen LogP contribution in [0.2, 0.25) is 0 Å². The smallest absolute Gasteiger partial charge is 0.253 e. The van der Waals surface area contributed by atoms with Crippen LogP contribution >= 0.6 is 12.4 Å². The molecule has 6 nitrogen and oxygen atoms in total. The van der Waals surface area contributed by atoms with E-state index in [1.54, 1.807) is 38.4 Å². The molecule has 1 aliphatic rings. The Morgan fingerprint density at radius 1 is 1.30 bits per heavy atom. The van der Waals surface area contributed by atoms with Crippen LogP contribution in [0.25, 0.3) is 0 Å². The number of hydrogen-bond acceptors (Lipinski definition) is 4. The summed E-state index contributed by atoms with van der Waals surface area (Å²) in [5.41, 5.74) is 7.16. The molecular formula is C16H24ClN3O3. The third-order valence-corrected chi connectivity index (χ3v) is 3.86. The molecule has 7 heteroatoms. The lowest BCUT2D eigenvalue weighted by atomic mass is 9.92. The van der Waals surface area contributed by atoms with Crippen LogP contribution in [0.4, 0.5) is 5.69 Å². The lowest BCUT2D eigenvalue weighted by molar-refractivity contribution is -0.119. The van der Waals surface area contributed by atoms with Crippen molar-refractivity contribution in [3.05, 3.63) is 29.8 Å². The van der Waals surface area contributed by atoms with Gasteiger partial charge in [-0.05, 0) is 37.0 Å². The van der Waals surface area contributed by atoms with Crippen molar-refractivity contribution in [3.8, 4) is 0 Å². The Morgan fingerprint density at radius 2 is 1.96 bits per heavy atom. The minimum absolute atomic E-state index is 0. The number of anilines is 1. The van der Waals surface area contributed by atoms with Gasteiger partial charge in [-0.1, -0.05) is 6.07 Å². The molecule has 1 fully saturated rings. The Bertz CT molecular complexity index is 545. The number of hydrogen-bond donors (Lipinski definition) is 2. The fraction of sp³-hybridized carbons (Fsp3) is 0.500. The molecule has 1 atom stereocenters. The van der Waals surface area contributed by atoms with E-state index in [2.05, 4.69) is 5.32 Å². The lowest BCUT2D eigenvalue weighted by Gasteiger charge is -2.26. The molecule has 1 aliphatic heterocycles. The summed E-state index contributed by atoms with van der Waals surface area (Å²) in [6, 6.07) is 6.32. The molecule has 1 aromatic carbocycles. The van der Waals surface area contributed by atoms with Crippen LogP contribution in [0.5, 0.6) is 0 Å². The SMILES string of the molecule is CN(C)C(=O)c1cccc(NC(=O)C(N)C2CCOCC2)c1.Cl. The standard InChI is InChI=1S/C16H23N3O3.ClH/c1-19(2)16(21)12-4-3-5-13(10-12)18-15(20)14(17)11-6-8-22-9-7-11;/h3-5,10-11,14H,6-9,17H2,1-2H3,(H,18,20);1H. The van der Waals surface area contributed by atoms with Gasteiger partial charge in [-0.25, -0.2) is 0 Å². The van der Waals surface area contributed by atoms with Gasteiger partial charge in [-0.2, -0.15) is 0 Å². The van der Waals surface area contributed by atoms with Gasteiger partial charge in [0.1, 0.15) is 0 Å². The van der Waals surface area contributed by atoms with Gasteiger partial charge in [0.25, 0.3) is 5.91 Å². The van der Waals surface area contributed by atoms with E-state index >= 15 is 0 Å². The molecule has 1 heterocycles. The molecule has 1 aromatic rings. The zero-order chi connectivity index (χ0) is 16.1. The lowest BCUT2D eigenvalue weighted by Crippen LogP contribution is -2.44. The van der Waals surface area contributed by atoms with E-state index in [9.17, 15) is 9.59 Å². The van der Waals surface area contributed by atoms with E-state index in [4.69, 9.17) is 10.5 Å². The number of carbonyl (C=O) groups excluding carboxylic acids is 2. The third kappa shape index (κ3) is 5.20. The monoisotopic (exact) mass is 341 g/mol. The minimum Gasteiger partial charge on any atom is -0.381 e. The predicted octanol–water partition coefficient (Wildman–Crippen LogP) is 1.50. The maximum atomic E-state index is 12.3. The van der Waals surface area contributed by atoms with Gasteiger partial charge in [0.15, 0.2) is 0 Å². The number of rotatable bonds is 4. The number of carbonyl (C=O) groups is 2. The van der Waals surface area contributed by atoms with Crippen molar-refractivity contribution in [1.82, 2.24) is 4.90 Å². The first-order valence-corrected chi connectivity index (χ1v) is 7.45. The number of nitrogens with two attached hydrogens (primary N) is 1. The zero-order valence-electron chi connectivity index (χ0n) is 13.5. The highest BCUT2D eigenvalue weighted by molar-refractivity contribution is 5.98. The number of nitrogens with one attached hydrogen (secondary N) is 1. The first-order chi connectivity index (χ1) is 10.5. The summed E-state index contributed by atoms with van der Waals surface area (Å²) in [6.45, 7) is 1.30. The van der Waals surface area contributed by atoms with Crippen LogP contribution < -0.4 is 11.1 Å². The van der Waals surface area contributed by atoms with Crippen molar-refractivity contribution in [2.24, 2.45) is 11.7 Å². The van der Waals surface area contributed by atoms with Crippen molar-refractivity contribution in [2.45, 2.75) is 18.9 Å². The van der Waals surface area contributed by atoms with Crippen molar-refractivity contribution < 1.29 is 14.3 Å². The summed E-state index contributed by atoms with van der Waals surface area (Å²) >= 11 is 0. The third-order valence-electron chi connectivity index (χ3n) is 3.86. The first-order valence-electron chi connectivity index (χ1n) is 7.45. The number of halogens is 1. The van der Waals surface area contributed by atoms with Crippen molar-refractivity contribution >= 4 is 29.9 Å². The molecular weight excluding hydrogens is 318 g/mol. The van der Waals surface area contributed by atoms with E-state index in [0.717, 1.165) is 12.8 Å². The Hall–Kier alpha value is -1.63. The summed E-state index contributed by atoms with van der Waals surface area (Å²) in [6.07, 6.45) is 1.60. The zero-order valence-corrected chi connectivity index (χ0v) is 14.3. The number of amides is 2. The highest BCUT2D eigenvalue weighted by Crippen LogP contribution is 2.19. The Labute approximate surface area is 142 Å². The largest absolute Gasteiger partial charge is 0.381 e. The first kappa shape index (κ1) is 19.4. The topological polar surface area (TPSA) is 84.7 Å². The van der Waals surface area contributed by atoms with Crippen LogP contribution in [-0.2, 0) is 9.53 Å². The second-order valence-electron chi connectivity index (χ2n) is 5.75. The molecule has 0 spiro atoms. The highest BCUT2D eigenvalue weighted by atomic mass is 35.5. The van der Waals surface area contributed by atoms with E-state index in [-0.39, 0.29) is 30.1 Å². The molecule has 0 aromatic heterocycles. The molecule has 23 heavy (non-hydrogen) atoms. The molecule has 0 bridgehead atoms. The average Bonchev–Trinajstić information content (AvgIpc) is 2.54. The molecule has 1 unspecified atom stereocenters. The van der Waals surface area contributed by atoms with Crippen LogP contribution in [-0.4, -0.2) is 50.1 Å². The molecule has 0 aliphatic carbocycles. The number of ether oxygens (including phenoxy) is 1. The summed E-state index contributed by atoms with van der Waals surface area (Å²) in [5, 5.41) is 2.80. The summed E-state index contributed by atoms with van der Waals surface area (Å²) in [4.78, 5) is 25.7. The van der Waals surface area contributed by atoms with Gasteiger partial charge in [0.05, 0.1) is 6.04 Å². The maximum absolute atomic E-state index is 12.3. The Balaban J connectivity index is 0.00000264. The van der Waals surface area contributed by atoms with Gasteiger partial charge in [0, 0.05) is 38.6 Å². The van der Waals surface area contributed by atoms with Crippen molar-refractivity contribution in [2.75, 3.05) is 32.6 Å². The minimum atomic E-state index is -0.558. The van der Waals surface area contributed by atoms with Gasteiger partial charge in [-0.3, -0.25) is 9.59 Å². The van der Waals surface area contributed by atoms with E-state index in [0.29, 0.717) is 24.5 Å². The van der Waals surface area contributed by atoms with Crippen LogP contribution in [0.1, 0.15) is 23.2 Å². The quantitative estimate of drug-likeness (QED) is 0.869. The summed E-state index contributed by atoms with van der Waals surface area (Å²) in [7, 11) is 3.38. The average molecular weight is 342 g/mol.